The van der Waals surface area contributed by atoms with Gasteiger partial charge in [-0.15, -0.1) is 0 Å². The SMILES string of the molecule is CCOCCCNC(=NC)NCCN(C)CCCOC. The number of guanidine groups is 1. The number of nitrogens with zero attached hydrogens (tertiary/aromatic N) is 2. The Morgan fingerprint density at radius 2 is 1.85 bits per heavy atom. The molecule has 0 amide bonds. The van der Waals surface area contributed by atoms with E-state index in [2.05, 4.69) is 27.6 Å². The van der Waals surface area contributed by atoms with Gasteiger partial charge in [-0.25, -0.2) is 0 Å². The molecule has 6 nitrogen and oxygen atoms in total. The van der Waals surface area contributed by atoms with Crippen LogP contribution in [0.4, 0.5) is 0 Å². The van der Waals surface area contributed by atoms with Crippen molar-refractivity contribution in [1.82, 2.24) is 15.5 Å². The number of nitrogens with one attached hydrogen (secondary N) is 2. The Morgan fingerprint density at radius 3 is 2.50 bits per heavy atom. The fourth-order valence-electron chi connectivity index (χ4n) is 1.70. The molecule has 0 fully saturated rings. The third-order valence-electron chi connectivity index (χ3n) is 2.86. The van der Waals surface area contributed by atoms with Gasteiger partial charge in [-0.05, 0) is 26.8 Å². The van der Waals surface area contributed by atoms with Gasteiger partial charge in [0, 0.05) is 60.2 Å². The molecule has 0 spiro atoms. The molecule has 0 aliphatic rings. The second-order valence-corrected chi connectivity index (χ2v) is 4.63. The van der Waals surface area contributed by atoms with Crippen LogP contribution in [0, 0.1) is 0 Å². The molecule has 0 saturated heterocycles. The predicted octanol–water partition coefficient (Wildman–Crippen LogP) is 0.546. The molecule has 0 atom stereocenters. The first kappa shape index (κ1) is 19.1. The molecular weight excluding hydrogens is 256 g/mol. The van der Waals surface area contributed by atoms with Crippen LogP contribution in [0.3, 0.4) is 0 Å². The lowest BCUT2D eigenvalue weighted by atomic mass is 10.4. The topological polar surface area (TPSA) is 58.1 Å². The maximum atomic E-state index is 5.29. The van der Waals surface area contributed by atoms with Gasteiger partial charge < -0.3 is 25.0 Å². The maximum Gasteiger partial charge on any atom is 0.191 e. The molecule has 20 heavy (non-hydrogen) atoms. The van der Waals surface area contributed by atoms with Crippen molar-refractivity contribution < 1.29 is 9.47 Å². The van der Waals surface area contributed by atoms with Crippen LogP contribution in [0.1, 0.15) is 19.8 Å². The van der Waals surface area contributed by atoms with Crippen LogP contribution in [-0.4, -0.2) is 78.1 Å². The first-order valence-corrected chi connectivity index (χ1v) is 7.44. The Balaban J connectivity index is 3.54. The van der Waals surface area contributed by atoms with Crippen LogP contribution in [0.25, 0.3) is 0 Å². The van der Waals surface area contributed by atoms with E-state index in [9.17, 15) is 0 Å². The molecule has 0 bridgehead atoms. The number of rotatable bonds is 12. The summed E-state index contributed by atoms with van der Waals surface area (Å²) in [5.41, 5.74) is 0. The Hall–Kier alpha value is -0.850. The van der Waals surface area contributed by atoms with E-state index in [0.717, 1.165) is 64.8 Å². The van der Waals surface area contributed by atoms with Gasteiger partial charge in [0.2, 0.25) is 0 Å². The second-order valence-electron chi connectivity index (χ2n) is 4.63. The molecule has 0 aromatic rings. The highest BCUT2D eigenvalue weighted by atomic mass is 16.5. The van der Waals surface area contributed by atoms with E-state index in [1.54, 1.807) is 14.2 Å². The molecule has 0 heterocycles. The van der Waals surface area contributed by atoms with Gasteiger partial charge in [-0.2, -0.15) is 0 Å². The van der Waals surface area contributed by atoms with Gasteiger partial charge in [0.1, 0.15) is 0 Å². The van der Waals surface area contributed by atoms with Gasteiger partial charge in [-0.1, -0.05) is 0 Å². The van der Waals surface area contributed by atoms with Crippen molar-refractivity contribution in [3.8, 4) is 0 Å². The number of hydrogen-bond acceptors (Lipinski definition) is 4. The predicted molar refractivity (Wildman–Crippen MR) is 84.5 cm³/mol. The van der Waals surface area contributed by atoms with E-state index in [1.807, 2.05) is 6.92 Å². The van der Waals surface area contributed by atoms with Crippen molar-refractivity contribution in [2.45, 2.75) is 19.8 Å². The van der Waals surface area contributed by atoms with Crippen LogP contribution < -0.4 is 10.6 Å². The first-order valence-electron chi connectivity index (χ1n) is 7.44. The molecule has 0 rings (SSSR count). The largest absolute Gasteiger partial charge is 0.385 e. The lowest BCUT2D eigenvalue weighted by molar-refractivity contribution is 0.145. The lowest BCUT2D eigenvalue weighted by Crippen LogP contribution is -2.41. The molecule has 0 unspecified atom stereocenters. The van der Waals surface area contributed by atoms with Gasteiger partial charge in [0.25, 0.3) is 0 Å². The standard InChI is InChI=1S/C14H32N4O2/c1-5-20-13-6-8-16-14(15-2)17-9-11-18(3)10-7-12-19-4/h5-13H2,1-4H3,(H2,15,16,17). The molecule has 0 saturated carbocycles. The Morgan fingerprint density at radius 1 is 1.10 bits per heavy atom. The van der Waals surface area contributed by atoms with Crippen molar-refractivity contribution in [2.24, 2.45) is 4.99 Å². The van der Waals surface area contributed by atoms with Crippen LogP contribution in [0.15, 0.2) is 4.99 Å². The van der Waals surface area contributed by atoms with Gasteiger partial charge in [0.05, 0.1) is 0 Å². The molecule has 120 valence electrons. The number of methoxy groups -OCH3 is 1. The Bertz CT molecular complexity index is 237. The molecule has 0 aromatic carbocycles. The fourth-order valence-corrected chi connectivity index (χ4v) is 1.70. The third-order valence-corrected chi connectivity index (χ3v) is 2.86. The minimum Gasteiger partial charge on any atom is -0.385 e. The first-order chi connectivity index (χ1) is 9.74. The smallest absolute Gasteiger partial charge is 0.191 e. The van der Waals surface area contributed by atoms with Crippen molar-refractivity contribution >= 4 is 5.96 Å². The number of hydrogen-bond donors (Lipinski definition) is 2. The molecule has 0 radical (unpaired) electrons. The van der Waals surface area contributed by atoms with Crippen molar-refractivity contribution in [1.29, 1.82) is 0 Å². The fraction of sp³-hybridized carbons (Fsp3) is 0.929. The van der Waals surface area contributed by atoms with E-state index in [0.29, 0.717) is 0 Å². The summed E-state index contributed by atoms with van der Waals surface area (Å²) in [6.07, 6.45) is 2.06. The summed E-state index contributed by atoms with van der Waals surface area (Å²) in [5.74, 6) is 0.854. The zero-order chi connectivity index (χ0) is 15.1. The molecule has 0 aliphatic carbocycles. The van der Waals surface area contributed by atoms with E-state index in [-0.39, 0.29) is 0 Å². The van der Waals surface area contributed by atoms with Crippen LogP contribution in [-0.2, 0) is 9.47 Å². The second kappa shape index (κ2) is 14.6. The highest BCUT2D eigenvalue weighted by Gasteiger charge is 2.00. The zero-order valence-corrected chi connectivity index (χ0v) is 13.6. The summed E-state index contributed by atoms with van der Waals surface area (Å²) < 4.78 is 10.3. The van der Waals surface area contributed by atoms with Gasteiger partial charge in [-0.3, -0.25) is 4.99 Å². The molecular formula is C14H32N4O2. The number of likely N-dealkylation sites (N-methyl/N-ethyl adjacent to an activating group) is 1. The summed E-state index contributed by atoms with van der Waals surface area (Å²) in [5, 5.41) is 6.58. The van der Waals surface area contributed by atoms with Crippen LogP contribution in [0.5, 0.6) is 0 Å². The summed E-state index contributed by atoms with van der Waals surface area (Å²) in [4.78, 5) is 6.48. The quantitative estimate of drug-likeness (QED) is 0.312. The summed E-state index contributed by atoms with van der Waals surface area (Å²) >= 11 is 0. The normalized spacial score (nSPS) is 11.9. The van der Waals surface area contributed by atoms with E-state index in [4.69, 9.17) is 9.47 Å². The third kappa shape index (κ3) is 12.2. The summed E-state index contributed by atoms with van der Waals surface area (Å²) in [6.45, 7) is 8.21. The highest BCUT2D eigenvalue weighted by molar-refractivity contribution is 5.79. The van der Waals surface area contributed by atoms with Crippen molar-refractivity contribution in [3.05, 3.63) is 0 Å². The average molecular weight is 288 g/mol. The van der Waals surface area contributed by atoms with Gasteiger partial charge in [0.15, 0.2) is 5.96 Å². The Kier molecular flexibility index (Phi) is 13.9. The minimum atomic E-state index is 0.780. The minimum absolute atomic E-state index is 0.780. The van der Waals surface area contributed by atoms with Crippen molar-refractivity contribution in [3.63, 3.8) is 0 Å². The van der Waals surface area contributed by atoms with Gasteiger partial charge >= 0.3 is 0 Å². The number of ether oxygens (including phenoxy) is 2. The molecule has 6 heteroatoms. The molecule has 0 aromatic heterocycles. The molecule has 0 aliphatic heterocycles. The van der Waals surface area contributed by atoms with E-state index in [1.165, 1.54) is 0 Å². The highest BCUT2D eigenvalue weighted by Crippen LogP contribution is 1.87. The van der Waals surface area contributed by atoms with E-state index >= 15 is 0 Å². The zero-order valence-electron chi connectivity index (χ0n) is 13.6. The maximum absolute atomic E-state index is 5.29. The summed E-state index contributed by atoms with van der Waals surface area (Å²) in [7, 11) is 5.65. The summed E-state index contributed by atoms with van der Waals surface area (Å²) in [6, 6.07) is 0. The van der Waals surface area contributed by atoms with E-state index < -0.39 is 0 Å². The monoisotopic (exact) mass is 288 g/mol. The van der Waals surface area contributed by atoms with Crippen LogP contribution >= 0.6 is 0 Å². The Labute approximate surface area is 123 Å². The lowest BCUT2D eigenvalue weighted by Gasteiger charge is -2.18. The van der Waals surface area contributed by atoms with Crippen molar-refractivity contribution in [2.75, 3.05) is 67.2 Å². The number of aliphatic imine (C=N–C) groups is 1. The molecule has 2 N–H and O–H groups in total. The average Bonchev–Trinajstić information content (AvgIpc) is 2.45. The van der Waals surface area contributed by atoms with Crippen LogP contribution in [0.2, 0.25) is 0 Å².